The summed E-state index contributed by atoms with van der Waals surface area (Å²) in [4.78, 5) is 0. The molecule has 1 N–H and O–H groups in total. The van der Waals surface area contributed by atoms with E-state index in [1.165, 1.54) is 25.7 Å². The number of aliphatic hydroxyl groups excluding tert-OH is 1. The zero-order valence-electron chi connectivity index (χ0n) is 11.7. The average molecular weight is 260 g/mol. The van der Waals surface area contributed by atoms with Crippen molar-refractivity contribution in [1.82, 2.24) is 0 Å². The molecule has 104 valence electrons. The van der Waals surface area contributed by atoms with Gasteiger partial charge in [0.15, 0.2) is 0 Å². The van der Waals surface area contributed by atoms with Crippen LogP contribution in [0.5, 0.6) is 5.75 Å². The lowest BCUT2D eigenvalue weighted by atomic mass is 9.89. The Labute approximate surface area is 115 Å². The number of aliphatic hydroxyl groups is 1. The molecule has 3 unspecified atom stereocenters. The molecule has 0 radical (unpaired) electrons. The predicted molar refractivity (Wildman–Crippen MR) is 76.1 cm³/mol. The quantitative estimate of drug-likeness (QED) is 0.868. The molecule has 1 aromatic carbocycles. The minimum Gasteiger partial charge on any atom is -0.493 e. The second-order valence-electron chi connectivity index (χ2n) is 6.21. The first-order chi connectivity index (χ1) is 9.28. The highest BCUT2D eigenvalue weighted by atomic mass is 16.5. The Morgan fingerprint density at radius 3 is 2.79 bits per heavy atom. The van der Waals surface area contributed by atoms with Crippen molar-refractivity contribution >= 4 is 0 Å². The van der Waals surface area contributed by atoms with E-state index in [9.17, 15) is 5.11 Å². The summed E-state index contributed by atoms with van der Waals surface area (Å²) in [7, 11) is 0. The second kappa shape index (κ2) is 5.54. The number of para-hydroxylation sites is 1. The topological polar surface area (TPSA) is 29.5 Å². The fraction of sp³-hybridized carbons (Fsp3) is 0.647. The number of benzene rings is 1. The molecule has 2 aliphatic rings. The van der Waals surface area contributed by atoms with Gasteiger partial charge in [0.25, 0.3) is 0 Å². The Hall–Kier alpha value is -1.02. The zero-order chi connectivity index (χ0) is 13.2. The highest BCUT2D eigenvalue weighted by Crippen LogP contribution is 2.48. The minimum atomic E-state index is -0.406. The normalized spacial score (nSPS) is 30.5. The third-order valence-corrected chi connectivity index (χ3v) is 5.00. The largest absolute Gasteiger partial charge is 0.493 e. The van der Waals surface area contributed by atoms with Crippen LogP contribution in [0.25, 0.3) is 0 Å². The van der Waals surface area contributed by atoms with E-state index in [1.807, 2.05) is 31.2 Å². The van der Waals surface area contributed by atoms with Gasteiger partial charge < -0.3 is 9.84 Å². The van der Waals surface area contributed by atoms with E-state index in [0.29, 0.717) is 0 Å². The fourth-order valence-electron chi connectivity index (χ4n) is 3.88. The van der Waals surface area contributed by atoms with Crippen LogP contribution in [-0.4, -0.2) is 11.7 Å². The van der Waals surface area contributed by atoms with Crippen LogP contribution in [0.15, 0.2) is 24.3 Å². The molecule has 0 spiro atoms. The molecular weight excluding hydrogens is 236 g/mol. The minimum absolute atomic E-state index is 0.406. The molecule has 2 aliphatic carbocycles. The Kier molecular flexibility index (Phi) is 3.79. The first-order valence-electron chi connectivity index (χ1n) is 7.67. The van der Waals surface area contributed by atoms with Gasteiger partial charge in [-0.05, 0) is 49.5 Å². The molecule has 2 fully saturated rings. The first-order valence-corrected chi connectivity index (χ1v) is 7.67. The van der Waals surface area contributed by atoms with Crippen LogP contribution < -0.4 is 4.74 Å². The molecule has 0 aromatic heterocycles. The van der Waals surface area contributed by atoms with Crippen molar-refractivity contribution in [2.75, 3.05) is 6.61 Å². The van der Waals surface area contributed by atoms with Gasteiger partial charge in [-0.2, -0.15) is 0 Å². The molecule has 4 atom stereocenters. The van der Waals surface area contributed by atoms with Crippen LogP contribution in [0.1, 0.15) is 50.7 Å². The van der Waals surface area contributed by atoms with Gasteiger partial charge in [0.05, 0.1) is 12.7 Å². The Bertz CT molecular complexity index is 429. The second-order valence-corrected chi connectivity index (χ2v) is 6.21. The SMILES string of the molecule is CC[C@H](O)c1ccccc1OCC1CC2CCC1C2. The summed E-state index contributed by atoms with van der Waals surface area (Å²) in [6.45, 7) is 2.83. The van der Waals surface area contributed by atoms with Crippen molar-refractivity contribution in [3.8, 4) is 5.75 Å². The first kappa shape index (κ1) is 13.0. The van der Waals surface area contributed by atoms with Crippen molar-refractivity contribution in [2.24, 2.45) is 17.8 Å². The van der Waals surface area contributed by atoms with Crippen LogP contribution in [0.4, 0.5) is 0 Å². The molecule has 2 bridgehead atoms. The molecule has 0 aliphatic heterocycles. The van der Waals surface area contributed by atoms with E-state index < -0.39 is 6.10 Å². The van der Waals surface area contributed by atoms with Gasteiger partial charge in [-0.15, -0.1) is 0 Å². The zero-order valence-corrected chi connectivity index (χ0v) is 11.7. The van der Waals surface area contributed by atoms with Crippen molar-refractivity contribution in [3.63, 3.8) is 0 Å². The number of fused-ring (bicyclic) bond motifs is 2. The molecule has 2 saturated carbocycles. The molecular formula is C17H24O2. The average Bonchev–Trinajstić information content (AvgIpc) is 3.07. The van der Waals surface area contributed by atoms with Gasteiger partial charge in [0, 0.05) is 5.56 Å². The van der Waals surface area contributed by atoms with Crippen LogP contribution in [0, 0.1) is 17.8 Å². The number of hydrogen-bond acceptors (Lipinski definition) is 2. The lowest BCUT2D eigenvalue weighted by Gasteiger charge is -2.23. The summed E-state index contributed by atoms with van der Waals surface area (Å²) in [6.07, 6.45) is 5.94. The van der Waals surface area contributed by atoms with Gasteiger partial charge in [0.2, 0.25) is 0 Å². The van der Waals surface area contributed by atoms with E-state index in [-0.39, 0.29) is 0 Å². The molecule has 0 saturated heterocycles. The molecule has 1 aromatic rings. The maximum atomic E-state index is 10.0. The molecule has 19 heavy (non-hydrogen) atoms. The van der Waals surface area contributed by atoms with Crippen LogP contribution in [-0.2, 0) is 0 Å². The smallest absolute Gasteiger partial charge is 0.125 e. The monoisotopic (exact) mass is 260 g/mol. The summed E-state index contributed by atoms with van der Waals surface area (Å²) < 4.78 is 6.04. The summed E-state index contributed by atoms with van der Waals surface area (Å²) in [5.41, 5.74) is 0.938. The van der Waals surface area contributed by atoms with Gasteiger partial charge in [0.1, 0.15) is 5.75 Å². The number of rotatable bonds is 5. The van der Waals surface area contributed by atoms with Crippen LogP contribution >= 0.6 is 0 Å². The van der Waals surface area contributed by atoms with E-state index in [1.54, 1.807) is 0 Å². The number of hydrogen-bond donors (Lipinski definition) is 1. The highest BCUT2D eigenvalue weighted by molar-refractivity contribution is 5.35. The highest BCUT2D eigenvalue weighted by Gasteiger charge is 2.39. The van der Waals surface area contributed by atoms with E-state index >= 15 is 0 Å². The molecule has 2 nitrogen and oxygen atoms in total. The Morgan fingerprint density at radius 2 is 2.11 bits per heavy atom. The van der Waals surface area contributed by atoms with Gasteiger partial charge in [-0.25, -0.2) is 0 Å². The Morgan fingerprint density at radius 1 is 1.26 bits per heavy atom. The standard InChI is InChI=1S/C17H24O2/c1-2-16(18)15-5-3-4-6-17(15)19-11-14-10-12-7-8-13(14)9-12/h3-6,12-14,16,18H,2,7-11H2,1H3/t12?,13?,14?,16-/m0/s1. The van der Waals surface area contributed by atoms with Crippen molar-refractivity contribution in [2.45, 2.75) is 45.1 Å². The van der Waals surface area contributed by atoms with Crippen LogP contribution in [0.2, 0.25) is 0 Å². The Balaban J connectivity index is 1.63. The van der Waals surface area contributed by atoms with Crippen LogP contribution in [0.3, 0.4) is 0 Å². The van der Waals surface area contributed by atoms with Crippen molar-refractivity contribution in [1.29, 1.82) is 0 Å². The summed E-state index contributed by atoms with van der Waals surface area (Å²) in [5.74, 6) is 3.48. The summed E-state index contributed by atoms with van der Waals surface area (Å²) in [6, 6.07) is 7.92. The molecule has 3 rings (SSSR count). The molecule has 2 heteroatoms. The molecule has 0 amide bonds. The summed E-state index contributed by atoms with van der Waals surface area (Å²) in [5, 5.41) is 10.0. The van der Waals surface area contributed by atoms with E-state index in [2.05, 4.69) is 0 Å². The van der Waals surface area contributed by atoms with Gasteiger partial charge in [-0.3, -0.25) is 0 Å². The van der Waals surface area contributed by atoms with Gasteiger partial charge >= 0.3 is 0 Å². The maximum absolute atomic E-state index is 10.0. The maximum Gasteiger partial charge on any atom is 0.125 e. The van der Waals surface area contributed by atoms with Gasteiger partial charge in [-0.1, -0.05) is 31.5 Å². The fourth-order valence-corrected chi connectivity index (χ4v) is 3.88. The summed E-state index contributed by atoms with van der Waals surface area (Å²) >= 11 is 0. The van der Waals surface area contributed by atoms with Crippen molar-refractivity contribution in [3.05, 3.63) is 29.8 Å². The van der Waals surface area contributed by atoms with Crippen molar-refractivity contribution < 1.29 is 9.84 Å². The number of ether oxygens (including phenoxy) is 1. The third-order valence-electron chi connectivity index (χ3n) is 5.00. The third kappa shape index (κ3) is 2.64. The predicted octanol–water partition coefficient (Wildman–Crippen LogP) is 3.95. The van der Waals surface area contributed by atoms with E-state index in [4.69, 9.17) is 4.74 Å². The molecule has 0 heterocycles. The lowest BCUT2D eigenvalue weighted by Crippen LogP contribution is -2.19. The van der Waals surface area contributed by atoms with E-state index in [0.717, 1.165) is 42.1 Å². The lowest BCUT2D eigenvalue weighted by molar-refractivity contribution is 0.157.